The van der Waals surface area contributed by atoms with Crippen molar-refractivity contribution in [2.45, 2.75) is 25.2 Å². The number of rotatable bonds is 3. The molecule has 0 saturated heterocycles. The second-order valence-electron chi connectivity index (χ2n) is 4.47. The third-order valence-corrected chi connectivity index (χ3v) is 3.30. The zero-order valence-corrected chi connectivity index (χ0v) is 9.73. The third kappa shape index (κ3) is 2.74. The molecule has 0 spiro atoms. The van der Waals surface area contributed by atoms with Crippen LogP contribution in [0.15, 0.2) is 35.9 Å². The molecule has 0 fully saturated rings. The van der Waals surface area contributed by atoms with Gasteiger partial charge in [-0.1, -0.05) is 35.9 Å². The van der Waals surface area contributed by atoms with Gasteiger partial charge in [0, 0.05) is 6.54 Å². The number of allylic oxidation sites excluding steroid dienone is 1. The van der Waals surface area contributed by atoms with Crippen molar-refractivity contribution >= 4 is 5.97 Å². The molecule has 0 bridgehead atoms. The normalized spacial score (nSPS) is 19.1. The van der Waals surface area contributed by atoms with Gasteiger partial charge in [0.15, 0.2) is 0 Å². The lowest BCUT2D eigenvalue weighted by atomic mass is 9.88. The van der Waals surface area contributed by atoms with Crippen molar-refractivity contribution in [1.82, 2.24) is 0 Å². The Bertz CT molecular complexity index is 451. The van der Waals surface area contributed by atoms with Crippen LogP contribution in [0.5, 0.6) is 0 Å². The maximum Gasteiger partial charge on any atom is 0.303 e. The summed E-state index contributed by atoms with van der Waals surface area (Å²) < 4.78 is 0. The van der Waals surface area contributed by atoms with E-state index >= 15 is 0 Å². The van der Waals surface area contributed by atoms with Crippen molar-refractivity contribution in [3.8, 4) is 0 Å². The molecule has 90 valence electrons. The lowest BCUT2D eigenvalue weighted by molar-refractivity contribution is -0.137. The molecule has 0 amide bonds. The van der Waals surface area contributed by atoms with Gasteiger partial charge in [-0.3, -0.25) is 4.79 Å². The maximum absolute atomic E-state index is 10.9. The van der Waals surface area contributed by atoms with Crippen LogP contribution in [0.4, 0.5) is 0 Å². The molecule has 3 nitrogen and oxygen atoms in total. The molecule has 1 atom stereocenters. The number of carbonyl (C=O) groups is 1. The van der Waals surface area contributed by atoms with Crippen molar-refractivity contribution in [1.29, 1.82) is 0 Å². The lowest BCUT2D eigenvalue weighted by Gasteiger charge is -2.16. The molecule has 0 saturated carbocycles. The van der Waals surface area contributed by atoms with Crippen LogP contribution in [-0.4, -0.2) is 17.6 Å². The zero-order chi connectivity index (χ0) is 12.3. The van der Waals surface area contributed by atoms with Crippen molar-refractivity contribution in [2.24, 2.45) is 5.73 Å². The van der Waals surface area contributed by atoms with Gasteiger partial charge in [0.25, 0.3) is 0 Å². The monoisotopic (exact) mass is 231 g/mol. The first-order chi connectivity index (χ1) is 8.20. The van der Waals surface area contributed by atoms with Crippen LogP contribution >= 0.6 is 0 Å². The van der Waals surface area contributed by atoms with Crippen LogP contribution in [0.25, 0.3) is 0 Å². The predicted octanol–water partition coefficient (Wildman–Crippen LogP) is 2.08. The van der Waals surface area contributed by atoms with E-state index in [1.54, 1.807) is 0 Å². The maximum atomic E-state index is 10.9. The fourth-order valence-corrected chi connectivity index (χ4v) is 2.44. The summed E-state index contributed by atoms with van der Waals surface area (Å²) in [6, 6.07) is 8.08. The molecule has 0 aromatic heterocycles. The standard InChI is InChI=1S/C14H17NO2/c15-9-10-5-6-11-3-1-2-4-13(11)12(7-10)8-14(16)17/h1-5,12H,6-9,15H2,(H,16,17). The van der Waals surface area contributed by atoms with Crippen LogP contribution in [0.1, 0.15) is 29.9 Å². The average Bonchev–Trinajstić information content (AvgIpc) is 2.49. The molecule has 0 aliphatic heterocycles. The van der Waals surface area contributed by atoms with Gasteiger partial charge in [-0.25, -0.2) is 0 Å². The highest BCUT2D eigenvalue weighted by Gasteiger charge is 2.21. The van der Waals surface area contributed by atoms with Gasteiger partial charge in [-0.05, 0) is 29.9 Å². The van der Waals surface area contributed by atoms with Gasteiger partial charge in [-0.2, -0.15) is 0 Å². The number of benzene rings is 1. The Labute approximate surface area is 101 Å². The number of fused-ring (bicyclic) bond motifs is 1. The fourth-order valence-electron chi connectivity index (χ4n) is 2.44. The Balaban J connectivity index is 2.34. The van der Waals surface area contributed by atoms with E-state index < -0.39 is 5.97 Å². The number of hydrogen-bond donors (Lipinski definition) is 2. The largest absolute Gasteiger partial charge is 0.481 e. The molecule has 0 heterocycles. The van der Waals surface area contributed by atoms with Crippen LogP contribution in [0, 0.1) is 0 Å². The number of aliphatic carboxylic acids is 1. The molecule has 0 radical (unpaired) electrons. The van der Waals surface area contributed by atoms with E-state index in [0.717, 1.165) is 24.0 Å². The molecule has 1 aromatic rings. The summed E-state index contributed by atoms with van der Waals surface area (Å²) in [6.45, 7) is 0.518. The quantitative estimate of drug-likeness (QED) is 0.783. The van der Waals surface area contributed by atoms with E-state index in [-0.39, 0.29) is 12.3 Å². The second kappa shape index (κ2) is 5.15. The van der Waals surface area contributed by atoms with Crippen LogP contribution in [-0.2, 0) is 11.2 Å². The van der Waals surface area contributed by atoms with Crippen LogP contribution in [0.3, 0.4) is 0 Å². The van der Waals surface area contributed by atoms with Gasteiger partial charge in [0.05, 0.1) is 6.42 Å². The summed E-state index contributed by atoms with van der Waals surface area (Å²) in [5.74, 6) is -0.691. The average molecular weight is 231 g/mol. The Hall–Kier alpha value is -1.61. The zero-order valence-electron chi connectivity index (χ0n) is 9.73. The molecule has 17 heavy (non-hydrogen) atoms. The number of carboxylic acids is 1. The minimum atomic E-state index is -0.747. The minimum absolute atomic E-state index is 0.0565. The fraction of sp³-hybridized carbons (Fsp3) is 0.357. The second-order valence-corrected chi connectivity index (χ2v) is 4.47. The molecular weight excluding hydrogens is 214 g/mol. The van der Waals surface area contributed by atoms with E-state index in [4.69, 9.17) is 10.8 Å². The van der Waals surface area contributed by atoms with Crippen LogP contribution < -0.4 is 5.73 Å². The SMILES string of the molecule is NCC1=CCc2ccccc2C(CC(=O)O)C1. The predicted molar refractivity (Wildman–Crippen MR) is 66.9 cm³/mol. The van der Waals surface area contributed by atoms with Crippen molar-refractivity contribution in [2.75, 3.05) is 6.54 Å². The van der Waals surface area contributed by atoms with Gasteiger partial charge in [0.2, 0.25) is 0 Å². The van der Waals surface area contributed by atoms with Crippen molar-refractivity contribution < 1.29 is 9.90 Å². The third-order valence-electron chi connectivity index (χ3n) is 3.30. The smallest absolute Gasteiger partial charge is 0.303 e. The number of hydrogen-bond acceptors (Lipinski definition) is 2. The van der Waals surface area contributed by atoms with Gasteiger partial charge >= 0.3 is 5.97 Å². The highest BCUT2D eigenvalue weighted by atomic mass is 16.4. The molecule has 1 unspecified atom stereocenters. The molecule has 1 aromatic carbocycles. The van der Waals surface area contributed by atoms with E-state index in [2.05, 4.69) is 12.1 Å². The van der Waals surface area contributed by atoms with Gasteiger partial charge in [-0.15, -0.1) is 0 Å². The summed E-state index contributed by atoms with van der Waals surface area (Å²) >= 11 is 0. The summed E-state index contributed by atoms with van der Waals surface area (Å²) in [6.07, 6.45) is 3.94. The first kappa shape index (κ1) is 11.9. The molecular formula is C14H17NO2. The Morgan fingerprint density at radius 3 is 2.88 bits per heavy atom. The van der Waals surface area contributed by atoms with E-state index in [0.29, 0.717) is 6.54 Å². The Morgan fingerprint density at radius 2 is 2.18 bits per heavy atom. The summed E-state index contributed by atoms with van der Waals surface area (Å²) in [7, 11) is 0. The number of nitrogens with two attached hydrogens (primary N) is 1. The minimum Gasteiger partial charge on any atom is -0.481 e. The molecule has 1 aliphatic carbocycles. The van der Waals surface area contributed by atoms with Crippen LogP contribution in [0.2, 0.25) is 0 Å². The molecule has 3 N–H and O–H groups in total. The molecule has 1 aliphatic rings. The molecule has 3 heteroatoms. The van der Waals surface area contributed by atoms with Crippen molar-refractivity contribution in [3.63, 3.8) is 0 Å². The Morgan fingerprint density at radius 1 is 1.41 bits per heavy atom. The highest BCUT2D eigenvalue weighted by molar-refractivity contribution is 5.68. The first-order valence-corrected chi connectivity index (χ1v) is 5.88. The topological polar surface area (TPSA) is 63.3 Å². The van der Waals surface area contributed by atoms with E-state index in [1.165, 1.54) is 5.56 Å². The number of carboxylic acid groups (broad SMARTS) is 1. The summed E-state index contributed by atoms with van der Waals surface area (Å²) in [5, 5.41) is 8.99. The van der Waals surface area contributed by atoms with E-state index in [9.17, 15) is 4.79 Å². The summed E-state index contributed by atoms with van der Waals surface area (Å²) in [5.41, 5.74) is 9.23. The van der Waals surface area contributed by atoms with Gasteiger partial charge < -0.3 is 10.8 Å². The van der Waals surface area contributed by atoms with Crippen molar-refractivity contribution in [3.05, 3.63) is 47.0 Å². The highest BCUT2D eigenvalue weighted by Crippen LogP contribution is 2.32. The first-order valence-electron chi connectivity index (χ1n) is 5.88. The Kier molecular flexibility index (Phi) is 3.59. The lowest BCUT2D eigenvalue weighted by Crippen LogP contribution is -2.11. The van der Waals surface area contributed by atoms with Gasteiger partial charge in [0.1, 0.15) is 0 Å². The van der Waals surface area contributed by atoms with E-state index in [1.807, 2.05) is 18.2 Å². The molecule has 2 rings (SSSR count). The summed E-state index contributed by atoms with van der Waals surface area (Å²) in [4.78, 5) is 10.9.